The molecule has 0 bridgehead atoms. The molecule has 24 heavy (non-hydrogen) atoms. The number of hydrogen-bond donors (Lipinski definition) is 0. The second-order valence-corrected chi connectivity index (χ2v) is 5.89. The molecule has 1 aliphatic heterocycles. The summed E-state index contributed by atoms with van der Waals surface area (Å²) in [5.41, 5.74) is 1.40. The molecule has 1 fully saturated rings. The van der Waals surface area contributed by atoms with Crippen molar-refractivity contribution in [2.45, 2.75) is 13.8 Å². The summed E-state index contributed by atoms with van der Waals surface area (Å²) in [6.45, 7) is 5.28. The summed E-state index contributed by atoms with van der Waals surface area (Å²) in [6.07, 6.45) is 1.50. The average Bonchev–Trinajstić information content (AvgIpc) is 3.00. The molecular weight excluding hydrogens is 311 g/mol. The number of piperazine rings is 1. The molecule has 126 valence electrons. The number of nitrogens with zero attached hydrogens (tertiary/aromatic N) is 2. The van der Waals surface area contributed by atoms with E-state index in [0.29, 0.717) is 48.8 Å². The number of Topliss-reactive ketones (excluding diaryl/α,β-unsaturated/α-hetero) is 1. The van der Waals surface area contributed by atoms with Crippen LogP contribution in [0.1, 0.15) is 33.4 Å². The summed E-state index contributed by atoms with van der Waals surface area (Å²) in [7, 11) is 0. The van der Waals surface area contributed by atoms with Gasteiger partial charge in [0.25, 0.3) is 5.91 Å². The van der Waals surface area contributed by atoms with Gasteiger partial charge in [-0.25, -0.2) is 4.39 Å². The van der Waals surface area contributed by atoms with E-state index in [0.717, 1.165) is 0 Å². The second-order valence-electron chi connectivity index (χ2n) is 5.89. The molecule has 1 aromatic heterocycles. The minimum Gasteiger partial charge on any atom is -0.469 e. The van der Waals surface area contributed by atoms with E-state index in [9.17, 15) is 14.0 Å². The minimum absolute atomic E-state index is 0.0618. The van der Waals surface area contributed by atoms with Gasteiger partial charge in [0.2, 0.25) is 0 Å². The maximum atomic E-state index is 14.2. The lowest BCUT2D eigenvalue weighted by Crippen LogP contribution is -2.49. The Hall–Kier alpha value is -2.63. The van der Waals surface area contributed by atoms with E-state index in [1.54, 1.807) is 30.0 Å². The summed E-state index contributed by atoms with van der Waals surface area (Å²) in [4.78, 5) is 27.4. The largest absolute Gasteiger partial charge is 0.469 e. The number of halogens is 1. The van der Waals surface area contributed by atoms with Gasteiger partial charge >= 0.3 is 0 Å². The molecule has 0 saturated carbocycles. The number of rotatable bonds is 3. The third-order valence-electron chi connectivity index (χ3n) is 4.35. The lowest BCUT2D eigenvalue weighted by atomic mass is 10.1. The molecular formula is C18H19FN2O3. The van der Waals surface area contributed by atoms with Crippen molar-refractivity contribution in [3.8, 4) is 0 Å². The van der Waals surface area contributed by atoms with Crippen LogP contribution in [0.2, 0.25) is 0 Å². The van der Waals surface area contributed by atoms with E-state index in [2.05, 4.69) is 0 Å². The average molecular weight is 330 g/mol. The van der Waals surface area contributed by atoms with E-state index in [4.69, 9.17) is 4.42 Å². The maximum absolute atomic E-state index is 14.2. The summed E-state index contributed by atoms with van der Waals surface area (Å²) in [6, 6.07) is 6.20. The van der Waals surface area contributed by atoms with E-state index in [-0.39, 0.29) is 11.7 Å². The molecule has 0 atom stereocenters. The third kappa shape index (κ3) is 3.04. The van der Waals surface area contributed by atoms with Crippen molar-refractivity contribution in [2.24, 2.45) is 0 Å². The van der Waals surface area contributed by atoms with Gasteiger partial charge in [-0.05, 0) is 38.1 Å². The number of hydrogen-bond acceptors (Lipinski definition) is 4. The number of ketones is 1. The van der Waals surface area contributed by atoms with Crippen LogP contribution in [-0.2, 0) is 0 Å². The zero-order chi connectivity index (χ0) is 17.3. The Kier molecular flexibility index (Phi) is 4.38. The van der Waals surface area contributed by atoms with Crippen LogP contribution >= 0.6 is 0 Å². The predicted octanol–water partition coefficient (Wildman–Crippen LogP) is 2.89. The van der Waals surface area contributed by atoms with Crippen LogP contribution in [0.25, 0.3) is 0 Å². The van der Waals surface area contributed by atoms with Gasteiger partial charge in [-0.15, -0.1) is 0 Å². The van der Waals surface area contributed by atoms with Crippen molar-refractivity contribution in [1.29, 1.82) is 0 Å². The SMILES string of the molecule is CC(=O)c1ccc(N2CCN(C(=O)c3ccoc3C)CC2)c(F)c1. The quantitative estimate of drug-likeness (QED) is 0.812. The van der Waals surface area contributed by atoms with Crippen molar-refractivity contribution in [2.75, 3.05) is 31.1 Å². The van der Waals surface area contributed by atoms with Crippen LogP contribution in [-0.4, -0.2) is 42.8 Å². The molecule has 3 rings (SSSR count). The highest BCUT2D eigenvalue weighted by Crippen LogP contribution is 2.23. The van der Waals surface area contributed by atoms with Gasteiger partial charge in [0.05, 0.1) is 17.5 Å². The van der Waals surface area contributed by atoms with Crippen LogP contribution in [0, 0.1) is 12.7 Å². The van der Waals surface area contributed by atoms with Gasteiger partial charge in [-0.2, -0.15) is 0 Å². The van der Waals surface area contributed by atoms with Crippen molar-refractivity contribution in [3.05, 3.63) is 53.2 Å². The normalized spacial score (nSPS) is 14.8. The van der Waals surface area contributed by atoms with Crippen molar-refractivity contribution in [1.82, 2.24) is 4.90 Å². The monoisotopic (exact) mass is 330 g/mol. The molecule has 2 aromatic rings. The standard InChI is InChI=1S/C18H19FN2O3/c1-12(22)14-3-4-17(16(19)11-14)20-6-8-21(9-7-20)18(23)15-5-10-24-13(15)2/h3-5,10-11H,6-9H2,1-2H3. The highest BCUT2D eigenvalue weighted by atomic mass is 19.1. The number of benzene rings is 1. The summed E-state index contributed by atoms with van der Waals surface area (Å²) < 4.78 is 19.4. The van der Waals surface area contributed by atoms with E-state index < -0.39 is 5.82 Å². The Morgan fingerprint density at radius 3 is 2.38 bits per heavy atom. The third-order valence-corrected chi connectivity index (χ3v) is 4.35. The molecule has 0 radical (unpaired) electrons. The molecule has 1 aromatic carbocycles. The molecule has 1 saturated heterocycles. The molecule has 5 nitrogen and oxygen atoms in total. The highest BCUT2D eigenvalue weighted by Gasteiger charge is 2.25. The molecule has 0 unspecified atom stereocenters. The van der Waals surface area contributed by atoms with Crippen LogP contribution in [0.3, 0.4) is 0 Å². The van der Waals surface area contributed by atoms with Crippen LogP contribution in [0.5, 0.6) is 0 Å². The molecule has 2 heterocycles. The summed E-state index contributed by atoms with van der Waals surface area (Å²) >= 11 is 0. The van der Waals surface area contributed by atoms with Gasteiger partial charge in [0.15, 0.2) is 5.78 Å². The first-order valence-corrected chi connectivity index (χ1v) is 7.86. The zero-order valence-corrected chi connectivity index (χ0v) is 13.7. The number of anilines is 1. The fourth-order valence-electron chi connectivity index (χ4n) is 2.91. The Morgan fingerprint density at radius 1 is 1.12 bits per heavy atom. The molecule has 1 amide bonds. The molecule has 0 aliphatic carbocycles. The van der Waals surface area contributed by atoms with Gasteiger partial charge in [0.1, 0.15) is 11.6 Å². The van der Waals surface area contributed by atoms with Crippen molar-refractivity contribution >= 4 is 17.4 Å². The van der Waals surface area contributed by atoms with Gasteiger partial charge in [0, 0.05) is 31.7 Å². The maximum Gasteiger partial charge on any atom is 0.257 e. The fraction of sp³-hybridized carbons (Fsp3) is 0.333. The summed E-state index contributed by atoms with van der Waals surface area (Å²) in [5, 5.41) is 0. The number of furan rings is 1. The Morgan fingerprint density at radius 2 is 1.83 bits per heavy atom. The van der Waals surface area contributed by atoms with Gasteiger partial charge in [-0.3, -0.25) is 9.59 Å². The fourth-order valence-corrected chi connectivity index (χ4v) is 2.91. The smallest absolute Gasteiger partial charge is 0.257 e. The zero-order valence-electron chi connectivity index (χ0n) is 13.7. The number of carbonyl (C=O) groups excluding carboxylic acids is 2. The minimum atomic E-state index is -0.409. The highest BCUT2D eigenvalue weighted by molar-refractivity contribution is 5.95. The Balaban J connectivity index is 1.68. The molecule has 0 spiro atoms. The number of carbonyl (C=O) groups is 2. The van der Waals surface area contributed by atoms with E-state index in [1.807, 2.05) is 4.90 Å². The van der Waals surface area contributed by atoms with Gasteiger partial charge in [-0.1, -0.05) is 0 Å². The van der Waals surface area contributed by atoms with Crippen molar-refractivity contribution < 1.29 is 18.4 Å². The Labute approximate surface area is 139 Å². The van der Waals surface area contributed by atoms with Crippen LogP contribution in [0.4, 0.5) is 10.1 Å². The van der Waals surface area contributed by atoms with Gasteiger partial charge < -0.3 is 14.2 Å². The molecule has 6 heteroatoms. The molecule has 1 aliphatic rings. The summed E-state index contributed by atoms with van der Waals surface area (Å²) in [5.74, 6) is -0.0268. The number of amides is 1. The van der Waals surface area contributed by atoms with Crippen LogP contribution < -0.4 is 4.90 Å². The Bertz CT molecular complexity index is 776. The molecule has 0 N–H and O–H groups in total. The van der Waals surface area contributed by atoms with E-state index >= 15 is 0 Å². The first-order chi connectivity index (χ1) is 11.5. The topological polar surface area (TPSA) is 53.8 Å². The van der Waals surface area contributed by atoms with Crippen LogP contribution in [0.15, 0.2) is 34.9 Å². The first-order valence-electron chi connectivity index (χ1n) is 7.86. The lowest BCUT2D eigenvalue weighted by Gasteiger charge is -2.36. The lowest BCUT2D eigenvalue weighted by molar-refractivity contribution is 0.0744. The van der Waals surface area contributed by atoms with E-state index in [1.165, 1.54) is 19.3 Å². The first kappa shape index (κ1) is 16.2. The predicted molar refractivity (Wildman–Crippen MR) is 88.0 cm³/mol. The second kappa shape index (κ2) is 6.47. The van der Waals surface area contributed by atoms with Crippen molar-refractivity contribution in [3.63, 3.8) is 0 Å². The number of aryl methyl sites for hydroxylation is 1.